The van der Waals surface area contributed by atoms with Crippen LogP contribution in [0.4, 0.5) is 4.39 Å². The van der Waals surface area contributed by atoms with Crippen molar-refractivity contribution in [2.45, 2.75) is 13.0 Å². The zero-order chi connectivity index (χ0) is 13.3. The highest BCUT2D eigenvalue weighted by atomic mass is 79.9. The van der Waals surface area contributed by atoms with Crippen LogP contribution in [0.15, 0.2) is 28.1 Å². The largest absolute Gasteiger partial charge is 0.309 e. The fourth-order valence-electron chi connectivity index (χ4n) is 1.79. The molecule has 0 amide bonds. The molecule has 1 nitrogen and oxygen atoms in total. The molecule has 5 heteroatoms. The average Bonchev–Trinajstić information content (AvgIpc) is 2.65. The first-order valence-electron chi connectivity index (χ1n) is 5.41. The molecule has 1 aromatic heterocycles. The van der Waals surface area contributed by atoms with Gasteiger partial charge in [-0.25, -0.2) is 4.39 Å². The van der Waals surface area contributed by atoms with Crippen LogP contribution in [0.1, 0.15) is 22.0 Å². The molecule has 18 heavy (non-hydrogen) atoms. The van der Waals surface area contributed by atoms with E-state index in [2.05, 4.69) is 27.3 Å². The lowest BCUT2D eigenvalue weighted by atomic mass is 10.1. The molecule has 0 aliphatic heterocycles. The van der Waals surface area contributed by atoms with E-state index in [0.717, 1.165) is 14.2 Å². The summed E-state index contributed by atoms with van der Waals surface area (Å²) >= 11 is 10.9. The van der Waals surface area contributed by atoms with Crippen molar-refractivity contribution < 1.29 is 4.39 Å². The highest BCUT2D eigenvalue weighted by Gasteiger charge is 2.16. The van der Waals surface area contributed by atoms with Gasteiger partial charge >= 0.3 is 0 Å². The second-order valence-corrected chi connectivity index (χ2v) is 6.81. The molecule has 96 valence electrons. The zero-order valence-corrected chi connectivity index (χ0v) is 13.1. The summed E-state index contributed by atoms with van der Waals surface area (Å²) in [6, 6.07) is 6.99. The van der Waals surface area contributed by atoms with Gasteiger partial charge in [0.05, 0.1) is 14.9 Å². The maximum absolute atomic E-state index is 13.5. The summed E-state index contributed by atoms with van der Waals surface area (Å²) in [5.74, 6) is -0.387. The third kappa shape index (κ3) is 2.77. The van der Waals surface area contributed by atoms with Crippen LogP contribution in [0, 0.1) is 12.7 Å². The molecule has 0 bridgehead atoms. The molecule has 1 heterocycles. The number of nitrogens with one attached hydrogen (secondary N) is 1. The second kappa shape index (κ2) is 5.70. The molecular formula is C13H12BrClFNS. The monoisotopic (exact) mass is 347 g/mol. The maximum Gasteiger partial charge on any atom is 0.142 e. The summed E-state index contributed by atoms with van der Waals surface area (Å²) in [5, 5.41) is 3.35. The number of thiophene rings is 1. The molecule has 0 saturated carbocycles. The Kier molecular flexibility index (Phi) is 4.43. The molecule has 0 aliphatic rings. The summed E-state index contributed by atoms with van der Waals surface area (Å²) < 4.78 is 14.6. The maximum atomic E-state index is 13.5. The normalized spacial score (nSPS) is 12.7. The number of hydrogen-bond acceptors (Lipinski definition) is 2. The molecule has 0 aliphatic carbocycles. The summed E-state index contributed by atoms with van der Waals surface area (Å²) in [6.45, 7) is 2.04. The second-order valence-electron chi connectivity index (χ2n) is 4.00. The zero-order valence-electron chi connectivity index (χ0n) is 9.93. The van der Waals surface area contributed by atoms with Gasteiger partial charge in [-0.3, -0.25) is 0 Å². The summed E-state index contributed by atoms with van der Waals surface area (Å²) in [5.41, 5.74) is 2.05. The third-order valence-corrected chi connectivity index (χ3v) is 5.23. The number of hydrogen-bond donors (Lipinski definition) is 1. The van der Waals surface area contributed by atoms with Crippen molar-refractivity contribution in [1.29, 1.82) is 0 Å². The van der Waals surface area contributed by atoms with Crippen molar-refractivity contribution in [2.24, 2.45) is 0 Å². The highest BCUT2D eigenvalue weighted by molar-refractivity contribution is 9.11. The van der Waals surface area contributed by atoms with Gasteiger partial charge in [0.2, 0.25) is 0 Å². The lowest BCUT2D eigenvalue weighted by Gasteiger charge is -2.15. The van der Waals surface area contributed by atoms with E-state index in [1.807, 2.05) is 20.0 Å². The van der Waals surface area contributed by atoms with Gasteiger partial charge < -0.3 is 5.32 Å². The van der Waals surface area contributed by atoms with Gasteiger partial charge in [0.1, 0.15) is 5.82 Å². The van der Waals surface area contributed by atoms with Crippen molar-refractivity contribution >= 4 is 38.9 Å². The Labute approximate surface area is 123 Å². The van der Waals surface area contributed by atoms with Crippen molar-refractivity contribution in [3.63, 3.8) is 0 Å². The lowest BCUT2D eigenvalue weighted by Crippen LogP contribution is -2.16. The van der Waals surface area contributed by atoms with Crippen molar-refractivity contribution in [3.8, 4) is 0 Å². The van der Waals surface area contributed by atoms with E-state index >= 15 is 0 Å². The number of aryl methyl sites for hydroxylation is 1. The Bertz CT molecular complexity index is 551. The van der Waals surface area contributed by atoms with Gasteiger partial charge in [-0.1, -0.05) is 17.7 Å². The van der Waals surface area contributed by atoms with E-state index in [1.165, 1.54) is 11.6 Å². The van der Waals surface area contributed by atoms with Crippen molar-refractivity contribution in [3.05, 3.63) is 54.9 Å². The van der Waals surface area contributed by atoms with Crippen LogP contribution in [-0.4, -0.2) is 7.05 Å². The minimum absolute atomic E-state index is 0.0215. The highest BCUT2D eigenvalue weighted by Crippen LogP contribution is 2.34. The minimum atomic E-state index is -0.387. The first-order chi connectivity index (χ1) is 8.52. The van der Waals surface area contributed by atoms with E-state index in [-0.39, 0.29) is 16.9 Å². The van der Waals surface area contributed by atoms with E-state index in [0.29, 0.717) is 0 Å². The van der Waals surface area contributed by atoms with E-state index in [1.54, 1.807) is 17.4 Å². The standard InChI is InChI=1S/C13H12BrClFNS/c1-7-5-11(18-13(7)14)12(17-2)8-3-4-9(15)10(16)6-8/h3-6,12,17H,1-2H3. The predicted molar refractivity (Wildman–Crippen MR) is 79.1 cm³/mol. The van der Waals surface area contributed by atoms with Crippen LogP contribution in [0.2, 0.25) is 5.02 Å². The van der Waals surface area contributed by atoms with Gasteiger partial charge in [-0.15, -0.1) is 11.3 Å². The molecule has 0 saturated heterocycles. The smallest absolute Gasteiger partial charge is 0.142 e. The SMILES string of the molecule is CNC(c1ccc(Cl)c(F)c1)c1cc(C)c(Br)s1. The average molecular weight is 349 g/mol. The van der Waals surface area contributed by atoms with Gasteiger partial charge in [-0.05, 0) is 59.2 Å². The van der Waals surface area contributed by atoms with Gasteiger partial charge in [0.15, 0.2) is 0 Å². The molecule has 1 aromatic carbocycles. The molecule has 0 spiro atoms. The Morgan fingerprint density at radius 3 is 2.61 bits per heavy atom. The molecule has 2 rings (SSSR count). The van der Waals surface area contributed by atoms with Crippen LogP contribution >= 0.6 is 38.9 Å². The van der Waals surface area contributed by atoms with Crippen LogP contribution in [0.25, 0.3) is 0 Å². The first-order valence-corrected chi connectivity index (χ1v) is 7.39. The molecule has 0 radical (unpaired) electrons. The summed E-state index contributed by atoms with van der Waals surface area (Å²) in [6.07, 6.45) is 0. The van der Waals surface area contributed by atoms with Gasteiger partial charge in [0.25, 0.3) is 0 Å². The quantitative estimate of drug-likeness (QED) is 0.830. The number of rotatable bonds is 3. The third-order valence-electron chi connectivity index (χ3n) is 2.73. The van der Waals surface area contributed by atoms with Crippen LogP contribution in [0.3, 0.4) is 0 Å². The summed E-state index contributed by atoms with van der Waals surface area (Å²) in [7, 11) is 1.86. The molecule has 0 fully saturated rings. The van der Waals surface area contributed by atoms with Gasteiger partial charge in [-0.2, -0.15) is 0 Å². The molecule has 2 aromatic rings. The Hall–Kier alpha value is -0.420. The molecule has 1 unspecified atom stereocenters. The van der Waals surface area contributed by atoms with Crippen LogP contribution in [-0.2, 0) is 0 Å². The Balaban J connectivity index is 2.41. The van der Waals surface area contributed by atoms with Crippen LogP contribution in [0.5, 0.6) is 0 Å². The van der Waals surface area contributed by atoms with E-state index in [9.17, 15) is 4.39 Å². The van der Waals surface area contributed by atoms with Gasteiger partial charge in [0, 0.05) is 4.88 Å². The van der Waals surface area contributed by atoms with Crippen molar-refractivity contribution in [1.82, 2.24) is 5.32 Å². The topological polar surface area (TPSA) is 12.0 Å². The fraction of sp³-hybridized carbons (Fsp3) is 0.231. The molecule has 1 N–H and O–H groups in total. The number of halogens is 3. The molecular weight excluding hydrogens is 337 g/mol. The predicted octanol–water partition coefficient (Wildman–Crippen LogP) is 4.92. The fourth-order valence-corrected chi connectivity index (χ4v) is 3.62. The number of benzene rings is 1. The Morgan fingerprint density at radius 1 is 1.39 bits per heavy atom. The van der Waals surface area contributed by atoms with E-state index < -0.39 is 0 Å². The lowest BCUT2D eigenvalue weighted by molar-refractivity contribution is 0.618. The molecule has 1 atom stereocenters. The van der Waals surface area contributed by atoms with Crippen LogP contribution < -0.4 is 5.32 Å². The first kappa shape index (κ1) is 14.0. The minimum Gasteiger partial charge on any atom is -0.309 e. The summed E-state index contributed by atoms with van der Waals surface area (Å²) in [4.78, 5) is 1.14. The van der Waals surface area contributed by atoms with E-state index in [4.69, 9.17) is 11.6 Å². The Morgan fingerprint density at radius 2 is 2.11 bits per heavy atom. The van der Waals surface area contributed by atoms with Crippen molar-refractivity contribution in [2.75, 3.05) is 7.05 Å².